The van der Waals surface area contributed by atoms with E-state index in [1.54, 1.807) is 36.4 Å². The average Bonchev–Trinajstić information content (AvgIpc) is 2.79. The molecule has 136 valence electrons. The van der Waals surface area contributed by atoms with Gasteiger partial charge in [-0.25, -0.2) is 4.39 Å². The molecule has 0 atom stereocenters. The van der Waals surface area contributed by atoms with Crippen LogP contribution in [0.1, 0.15) is 6.42 Å². The maximum absolute atomic E-state index is 13.5. The van der Waals surface area contributed by atoms with Gasteiger partial charge in [-0.2, -0.15) is 0 Å². The highest BCUT2D eigenvalue weighted by molar-refractivity contribution is 7.99. The van der Waals surface area contributed by atoms with Crippen molar-refractivity contribution in [3.8, 4) is 5.75 Å². The number of carbonyl (C=O) groups excluding carboxylic acids is 2. The summed E-state index contributed by atoms with van der Waals surface area (Å²) in [5.74, 6) is 0.00835. The molecular formula is C19H18FNO4S. The molecule has 26 heavy (non-hydrogen) atoms. The van der Waals surface area contributed by atoms with Crippen molar-refractivity contribution in [2.45, 2.75) is 11.3 Å². The second-order valence-electron chi connectivity index (χ2n) is 5.55. The zero-order chi connectivity index (χ0) is 18.4. The number of thioether (sulfide) groups is 1. The molecule has 0 aromatic heterocycles. The SMILES string of the molecule is O=C(CN1C(=O)CCOc2ccccc21)OCCSc1ccccc1F. The number of benzene rings is 2. The number of anilines is 1. The molecule has 0 saturated heterocycles. The number of esters is 1. The molecule has 0 unspecified atom stereocenters. The number of rotatable bonds is 6. The molecule has 1 aliphatic heterocycles. The van der Waals surface area contributed by atoms with Crippen LogP contribution in [0.2, 0.25) is 0 Å². The Hall–Kier alpha value is -2.54. The van der Waals surface area contributed by atoms with Crippen LogP contribution in [0, 0.1) is 5.82 Å². The first-order chi connectivity index (χ1) is 12.6. The number of halogens is 1. The van der Waals surface area contributed by atoms with Crippen LogP contribution in [-0.2, 0) is 14.3 Å². The fraction of sp³-hybridized carbons (Fsp3) is 0.263. The molecule has 0 radical (unpaired) electrons. The van der Waals surface area contributed by atoms with E-state index in [1.807, 2.05) is 6.07 Å². The summed E-state index contributed by atoms with van der Waals surface area (Å²) in [5.41, 5.74) is 0.563. The molecule has 0 spiro atoms. The summed E-state index contributed by atoms with van der Waals surface area (Å²) in [6.45, 7) is 0.238. The minimum absolute atomic E-state index is 0.137. The van der Waals surface area contributed by atoms with Crippen LogP contribution in [-0.4, -0.2) is 37.4 Å². The Morgan fingerprint density at radius 3 is 2.81 bits per heavy atom. The van der Waals surface area contributed by atoms with E-state index in [0.717, 1.165) is 0 Å². The van der Waals surface area contributed by atoms with Crippen molar-refractivity contribution in [2.24, 2.45) is 0 Å². The lowest BCUT2D eigenvalue weighted by atomic mass is 10.2. The van der Waals surface area contributed by atoms with Gasteiger partial charge in [0.1, 0.15) is 24.7 Å². The zero-order valence-corrected chi connectivity index (χ0v) is 14.8. The molecule has 0 fully saturated rings. The van der Waals surface area contributed by atoms with Gasteiger partial charge in [0, 0.05) is 10.6 Å². The van der Waals surface area contributed by atoms with Crippen LogP contribution in [0.25, 0.3) is 0 Å². The molecule has 2 aromatic rings. The molecule has 1 heterocycles. The third kappa shape index (κ3) is 4.54. The van der Waals surface area contributed by atoms with Gasteiger partial charge < -0.3 is 9.47 Å². The van der Waals surface area contributed by atoms with Gasteiger partial charge in [-0.1, -0.05) is 24.3 Å². The fourth-order valence-corrected chi connectivity index (χ4v) is 3.30. The van der Waals surface area contributed by atoms with Crippen LogP contribution in [0.15, 0.2) is 53.4 Å². The lowest BCUT2D eigenvalue weighted by Crippen LogP contribution is -2.36. The Kier molecular flexibility index (Phi) is 6.12. The Balaban J connectivity index is 1.53. The molecule has 0 N–H and O–H groups in total. The largest absolute Gasteiger partial charge is 0.491 e. The van der Waals surface area contributed by atoms with Gasteiger partial charge in [-0.05, 0) is 24.3 Å². The van der Waals surface area contributed by atoms with Crippen molar-refractivity contribution in [3.05, 3.63) is 54.3 Å². The van der Waals surface area contributed by atoms with Gasteiger partial charge in [-0.3, -0.25) is 14.5 Å². The van der Waals surface area contributed by atoms with Gasteiger partial charge in [-0.15, -0.1) is 11.8 Å². The summed E-state index contributed by atoms with van der Waals surface area (Å²) in [7, 11) is 0. The van der Waals surface area contributed by atoms with E-state index in [9.17, 15) is 14.0 Å². The summed E-state index contributed by atoms with van der Waals surface area (Å²) in [6.07, 6.45) is 0.199. The number of ether oxygens (including phenoxy) is 2. The third-order valence-corrected chi connectivity index (χ3v) is 4.77. The quantitative estimate of drug-likeness (QED) is 0.441. The first-order valence-electron chi connectivity index (χ1n) is 8.20. The van der Waals surface area contributed by atoms with Crippen molar-refractivity contribution >= 4 is 29.3 Å². The third-order valence-electron chi connectivity index (χ3n) is 3.76. The highest BCUT2D eigenvalue weighted by atomic mass is 32.2. The van der Waals surface area contributed by atoms with E-state index in [0.29, 0.717) is 22.1 Å². The summed E-state index contributed by atoms with van der Waals surface area (Å²) in [4.78, 5) is 26.3. The van der Waals surface area contributed by atoms with Crippen molar-refractivity contribution < 1.29 is 23.5 Å². The molecule has 1 aliphatic rings. The van der Waals surface area contributed by atoms with Crippen LogP contribution in [0.5, 0.6) is 5.75 Å². The molecule has 0 aliphatic carbocycles. The Bertz CT molecular complexity index is 799. The number of carbonyl (C=O) groups is 2. The summed E-state index contributed by atoms with van der Waals surface area (Å²) in [5, 5.41) is 0. The second kappa shape index (κ2) is 8.71. The van der Waals surface area contributed by atoms with E-state index in [1.165, 1.54) is 22.7 Å². The normalized spacial score (nSPS) is 13.6. The van der Waals surface area contributed by atoms with Crippen molar-refractivity contribution in [1.29, 1.82) is 0 Å². The number of hydrogen-bond donors (Lipinski definition) is 0. The van der Waals surface area contributed by atoms with Gasteiger partial charge in [0.25, 0.3) is 0 Å². The van der Waals surface area contributed by atoms with Crippen molar-refractivity contribution in [3.63, 3.8) is 0 Å². The minimum Gasteiger partial charge on any atom is -0.491 e. The van der Waals surface area contributed by atoms with Gasteiger partial charge in [0.15, 0.2) is 0 Å². The Labute approximate surface area is 155 Å². The molecular weight excluding hydrogens is 357 g/mol. The van der Waals surface area contributed by atoms with E-state index >= 15 is 0 Å². The topological polar surface area (TPSA) is 55.8 Å². The first kappa shape index (κ1) is 18.3. The van der Waals surface area contributed by atoms with E-state index in [-0.39, 0.29) is 37.9 Å². The van der Waals surface area contributed by atoms with Gasteiger partial charge >= 0.3 is 5.97 Å². The average molecular weight is 375 g/mol. The molecule has 2 aromatic carbocycles. The second-order valence-corrected chi connectivity index (χ2v) is 6.68. The fourth-order valence-electron chi connectivity index (χ4n) is 2.54. The number of amides is 1. The van der Waals surface area contributed by atoms with Crippen LogP contribution < -0.4 is 9.64 Å². The zero-order valence-electron chi connectivity index (χ0n) is 14.0. The van der Waals surface area contributed by atoms with E-state index in [4.69, 9.17) is 9.47 Å². The Morgan fingerprint density at radius 1 is 1.19 bits per heavy atom. The van der Waals surface area contributed by atoms with E-state index in [2.05, 4.69) is 0 Å². The summed E-state index contributed by atoms with van der Waals surface area (Å²) >= 11 is 1.27. The maximum Gasteiger partial charge on any atom is 0.326 e. The number of fused-ring (bicyclic) bond motifs is 1. The minimum atomic E-state index is -0.510. The molecule has 7 heteroatoms. The number of para-hydroxylation sites is 2. The lowest BCUT2D eigenvalue weighted by Gasteiger charge is -2.20. The highest BCUT2D eigenvalue weighted by Gasteiger charge is 2.25. The monoisotopic (exact) mass is 375 g/mol. The maximum atomic E-state index is 13.5. The van der Waals surface area contributed by atoms with Crippen molar-refractivity contribution in [1.82, 2.24) is 0 Å². The highest BCUT2D eigenvalue weighted by Crippen LogP contribution is 2.30. The molecule has 0 bridgehead atoms. The summed E-state index contributed by atoms with van der Waals surface area (Å²) < 4.78 is 24.3. The van der Waals surface area contributed by atoms with Crippen molar-refractivity contribution in [2.75, 3.05) is 30.4 Å². The smallest absolute Gasteiger partial charge is 0.326 e. The standard InChI is InChI=1S/C19H18FNO4S/c20-14-5-1-4-8-17(14)26-12-11-25-19(23)13-21-15-6-2-3-7-16(15)24-10-9-18(21)22/h1-8H,9-13H2. The molecule has 0 saturated carbocycles. The molecule has 5 nitrogen and oxygen atoms in total. The number of hydrogen-bond acceptors (Lipinski definition) is 5. The van der Waals surface area contributed by atoms with Crippen LogP contribution in [0.4, 0.5) is 10.1 Å². The van der Waals surface area contributed by atoms with Crippen LogP contribution in [0.3, 0.4) is 0 Å². The van der Waals surface area contributed by atoms with Gasteiger partial charge in [0.05, 0.1) is 18.7 Å². The summed E-state index contributed by atoms with van der Waals surface area (Å²) in [6, 6.07) is 13.5. The Morgan fingerprint density at radius 2 is 1.96 bits per heavy atom. The lowest BCUT2D eigenvalue weighted by molar-refractivity contribution is -0.142. The van der Waals surface area contributed by atoms with Gasteiger partial charge in [0.2, 0.25) is 5.91 Å². The first-order valence-corrected chi connectivity index (χ1v) is 9.19. The number of nitrogens with zero attached hydrogens (tertiary/aromatic N) is 1. The molecule has 1 amide bonds. The molecule has 3 rings (SSSR count). The predicted molar refractivity (Wildman–Crippen MR) is 97.0 cm³/mol. The predicted octanol–water partition coefficient (Wildman–Crippen LogP) is 3.28. The van der Waals surface area contributed by atoms with E-state index < -0.39 is 5.97 Å². The van der Waals surface area contributed by atoms with Crippen LogP contribution >= 0.6 is 11.8 Å².